The predicted octanol–water partition coefficient (Wildman–Crippen LogP) is 3.74. The van der Waals surface area contributed by atoms with Crippen LogP contribution < -0.4 is 5.73 Å². The topological polar surface area (TPSA) is 51.8 Å². The van der Waals surface area contributed by atoms with Gasteiger partial charge in [0.25, 0.3) is 0 Å². The molecule has 0 spiro atoms. The molecular formula is C17H21N3S. The maximum absolute atomic E-state index is 6.25. The van der Waals surface area contributed by atoms with Crippen molar-refractivity contribution in [3.8, 4) is 0 Å². The molecule has 0 saturated carbocycles. The fourth-order valence-corrected chi connectivity index (χ4v) is 3.67. The zero-order chi connectivity index (χ0) is 14.9. The Kier molecular flexibility index (Phi) is 4.00. The summed E-state index contributed by atoms with van der Waals surface area (Å²) in [7, 11) is 0. The number of fused-ring (bicyclic) bond motifs is 1. The first-order chi connectivity index (χ1) is 10.0. The minimum absolute atomic E-state index is 0.0691. The number of aromatic nitrogens is 2. The molecule has 3 rings (SSSR count). The van der Waals surface area contributed by atoms with Gasteiger partial charge in [-0.3, -0.25) is 0 Å². The Hall–Kier alpha value is -1.39. The summed E-state index contributed by atoms with van der Waals surface area (Å²) in [5, 5.41) is 0. The van der Waals surface area contributed by atoms with Crippen molar-refractivity contribution in [2.75, 3.05) is 0 Å². The molecule has 2 aromatic rings. The average Bonchev–Trinajstić information content (AvgIpc) is 2.44. The van der Waals surface area contributed by atoms with E-state index in [0.717, 1.165) is 35.7 Å². The summed E-state index contributed by atoms with van der Waals surface area (Å²) in [5.74, 6) is 1.69. The van der Waals surface area contributed by atoms with E-state index in [1.807, 2.05) is 12.3 Å². The summed E-state index contributed by atoms with van der Waals surface area (Å²) in [6.45, 7) is 4.52. The van der Waals surface area contributed by atoms with E-state index < -0.39 is 0 Å². The molecule has 0 radical (unpaired) electrons. The molecule has 110 valence electrons. The average molecular weight is 299 g/mol. The van der Waals surface area contributed by atoms with E-state index in [9.17, 15) is 0 Å². The van der Waals surface area contributed by atoms with Crippen LogP contribution in [0.2, 0.25) is 0 Å². The Balaban J connectivity index is 1.77. The van der Waals surface area contributed by atoms with Gasteiger partial charge in [0.15, 0.2) is 0 Å². The number of thioether (sulfide) groups is 1. The van der Waals surface area contributed by atoms with Gasteiger partial charge < -0.3 is 5.73 Å². The molecule has 1 unspecified atom stereocenters. The number of rotatable bonds is 3. The SMILES string of the molecule is CC1(C)Cc2nc(CSc3ccccc3)ncc2C(N)C1. The van der Waals surface area contributed by atoms with Gasteiger partial charge in [-0.25, -0.2) is 9.97 Å². The summed E-state index contributed by atoms with van der Waals surface area (Å²) in [5.41, 5.74) is 8.74. The van der Waals surface area contributed by atoms with Gasteiger partial charge >= 0.3 is 0 Å². The molecule has 1 aromatic carbocycles. The molecule has 1 aromatic heterocycles. The zero-order valence-electron chi connectivity index (χ0n) is 12.5. The van der Waals surface area contributed by atoms with Crippen LogP contribution in [0.1, 0.15) is 43.4 Å². The summed E-state index contributed by atoms with van der Waals surface area (Å²) < 4.78 is 0. The fraction of sp³-hybridized carbons (Fsp3) is 0.412. The van der Waals surface area contributed by atoms with Crippen LogP contribution in [0.4, 0.5) is 0 Å². The minimum atomic E-state index is 0.0691. The van der Waals surface area contributed by atoms with Gasteiger partial charge in [-0.05, 0) is 30.4 Å². The Morgan fingerprint density at radius 1 is 1.29 bits per heavy atom. The molecule has 0 saturated heterocycles. The molecule has 0 aliphatic heterocycles. The second-order valence-corrected chi connectivity index (χ2v) is 7.49. The lowest BCUT2D eigenvalue weighted by Crippen LogP contribution is -2.31. The largest absolute Gasteiger partial charge is 0.324 e. The Morgan fingerprint density at radius 3 is 2.81 bits per heavy atom. The third-order valence-corrected chi connectivity index (χ3v) is 4.89. The standard InChI is InChI=1S/C17H21N3S/c1-17(2)8-14(18)13-10-19-16(20-15(13)9-17)11-21-12-6-4-3-5-7-12/h3-7,10,14H,8-9,11,18H2,1-2H3. The van der Waals surface area contributed by atoms with Crippen LogP contribution in [0.5, 0.6) is 0 Å². The van der Waals surface area contributed by atoms with Crippen molar-refractivity contribution in [3.63, 3.8) is 0 Å². The van der Waals surface area contributed by atoms with Crippen LogP contribution in [-0.2, 0) is 12.2 Å². The summed E-state index contributed by atoms with van der Waals surface area (Å²) in [6, 6.07) is 10.4. The van der Waals surface area contributed by atoms with Crippen molar-refractivity contribution in [3.05, 3.63) is 53.6 Å². The Bertz CT molecular complexity index is 625. The van der Waals surface area contributed by atoms with Crippen molar-refractivity contribution < 1.29 is 0 Å². The smallest absolute Gasteiger partial charge is 0.138 e. The van der Waals surface area contributed by atoms with Crippen molar-refractivity contribution in [1.82, 2.24) is 9.97 Å². The number of hydrogen-bond donors (Lipinski definition) is 1. The molecule has 1 aliphatic rings. The van der Waals surface area contributed by atoms with Crippen LogP contribution in [0.15, 0.2) is 41.4 Å². The van der Waals surface area contributed by atoms with E-state index in [2.05, 4.69) is 43.1 Å². The highest BCUT2D eigenvalue weighted by atomic mass is 32.2. The third kappa shape index (κ3) is 3.44. The van der Waals surface area contributed by atoms with E-state index in [0.29, 0.717) is 0 Å². The van der Waals surface area contributed by atoms with Crippen LogP contribution >= 0.6 is 11.8 Å². The molecule has 4 heteroatoms. The zero-order valence-corrected chi connectivity index (χ0v) is 13.4. The van der Waals surface area contributed by atoms with Gasteiger partial charge in [0.1, 0.15) is 5.82 Å². The van der Waals surface area contributed by atoms with E-state index >= 15 is 0 Å². The lowest BCUT2D eigenvalue weighted by molar-refractivity contribution is 0.277. The molecule has 0 bridgehead atoms. The first-order valence-corrected chi connectivity index (χ1v) is 8.30. The molecule has 0 amide bonds. The van der Waals surface area contributed by atoms with Crippen molar-refractivity contribution in [2.24, 2.45) is 11.1 Å². The van der Waals surface area contributed by atoms with Crippen LogP contribution in [0.3, 0.4) is 0 Å². The number of nitrogens with two attached hydrogens (primary N) is 1. The highest BCUT2D eigenvalue weighted by Crippen LogP contribution is 2.38. The maximum atomic E-state index is 6.25. The summed E-state index contributed by atoms with van der Waals surface area (Å²) >= 11 is 1.77. The quantitative estimate of drug-likeness (QED) is 0.877. The molecule has 0 fully saturated rings. The highest BCUT2D eigenvalue weighted by Gasteiger charge is 2.31. The monoisotopic (exact) mass is 299 g/mol. The summed E-state index contributed by atoms with van der Waals surface area (Å²) in [6.07, 6.45) is 3.92. The van der Waals surface area contributed by atoms with Gasteiger partial charge in [0.2, 0.25) is 0 Å². The van der Waals surface area contributed by atoms with Crippen molar-refractivity contribution in [1.29, 1.82) is 0 Å². The van der Waals surface area contributed by atoms with Gasteiger partial charge in [-0.2, -0.15) is 0 Å². The van der Waals surface area contributed by atoms with Gasteiger partial charge in [-0.15, -0.1) is 11.8 Å². The van der Waals surface area contributed by atoms with E-state index in [1.54, 1.807) is 11.8 Å². The fourth-order valence-electron chi connectivity index (χ4n) is 2.88. The van der Waals surface area contributed by atoms with E-state index in [-0.39, 0.29) is 11.5 Å². The minimum Gasteiger partial charge on any atom is -0.324 e. The van der Waals surface area contributed by atoms with Crippen molar-refractivity contribution >= 4 is 11.8 Å². The normalized spacial score (nSPS) is 20.0. The lowest BCUT2D eigenvalue weighted by atomic mass is 9.74. The van der Waals surface area contributed by atoms with Gasteiger partial charge in [0.05, 0.1) is 5.75 Å². The molecule has 21 heavy (non-hydrogen) atoms. The maximum Gasteiger partial charge on any atom is 0.138 e. The van der Waals surface area contributed by atoms with Gasteiger partial charge in [-0.1, -0.05) is 32.0 Å². The van der Waals surface area contributed by atoms with Crippen LogP contribution in [0.25, 0.3) is 0 Å². The van der Waals surface area contributed by atoms with E-state index in [1.165, 1.54) is 4.90 Å². The second-order valence-electron chi connectivity index (χ2n) is 6.44. The third-order valence-electron chi connectivity index (χ3n) is 3.88. The molecule has 1 atom stereocenters. The first kappa shape index (κ1) is 14.5. The highest BCUT2D eigenvalue weighted by molar-refractivity contribution is 7.98. The number of benzene rings is 1. The molecular weight excluding hydrogens is 278 g/mol. The number of nitrogens with zero attached hydrogens (tertiary/aromatic N) is 2. The first-order valence-electron chi connectivity index (χ1n) is 7.32. The lowest BCUT2D eigenvalue weighted by Gasteiger charge is -2.34. The second kappa shape index (κ2) is 5.78. The summed E-state index contributed by atoms with van der Waals surface area (Å²) in [4.78, 5) is 10.5. The Labute approximate surface area is 130 Å². The van der Waals surface area contributed by atoms with Crippen LogP contribution in [0, 0.1) is 5.41 Å². The van der Waals surface area contributed by atoms with Crippen LogP contribution in [-0.4, -0.2) is 9.97 Å². The van der Waals surface area contributed by atoms with Gasteiger partial charge in [0, 0.05) is 28.4 Å². The van der Waals surface area contributed by atoms with E-state index in [4.69, 9.17) is 10.7 Å². The molecule has 1 heterocycles. The number of hydrogen-bond acceptors (Lipinski definition) is 4. The molecule has 1 aliphatic carbocycles. The predicted molar refractivity (Wildman–Crippen MR) is 87.1 cm³/mol. The van der Waals surface area contributed by atoms with Crippen molar-refractivity contribution in [2.45, 2.75) is 43.4 Å². The molecule has 2 N–H and O–H groups in total. The Morgan fingerprint density at radius 2 is 2.05 bits per heavy atom. The molecule has 3 nitrogen and oxygen atoms in total.